The summed E-state index contributed by atoms with van der Waals surface area (Å²) < 4.78 is 15.7. The first kappa shape index (κ1) is 17.5. The van der Waals surface area contributed by atoms with E-state index in [1.807, 2.05) is 17.0 Å². The van der Waals surface area contributed by atoms with Crippen molar-refractivity contribution in [3.8, 4) is 22.9 Å². The quantitative estimate of drug-likeness (QED) is 0.794. The Bertz CT molecular complexity index is 827. The number of aromatic nitrogens is 2. The number of carbonyl (C=O) groups is 1. The fourth-order valence-electron chi connectivity index (χ4n) is 3.58. The van der Waals surface area contributed by atoms with Gasteiger partial charge in [0.25, 0.3) is 0 Å². The Morgan fingerprint density at radius 1 is 1.15 bits per heavy atom. The summed E-state index contributed by atoms with van der Waals surface area (Å²) in [7, 11) is 3.21. The maximum atomic E-state index is 11.6. The maximum absolute atomic E-state index is 11.6. The molecule has 0 bridgehead atoms. The Balaban J connectivity index is 1.52. The van der Waals surface area contributed by atoms with Crippen LogP contribution in [-0.2, 0) is 11.3 Å². The van der Waals surface area contributed by atoms with Gasteiger partial charge < -0.3 is 14.2 Å². The summed E-state index contributed by atoms with van der Waals surface area (Å²) in [5.74, 6) is 1.22. The van der Waals surface area contributed by atoms with Crippen molar-refractivity contribution >= 4 is 6.09 Å². The van der Waals surface area contributed by atoms with Gasteiger partial charge in [0.1, 0.15) is 12.4 Å². The number of nitrogens with zero attached hydrogens (tertiary/aromatic N) is 4. The summed E-state index contributed by atoms with van der Waals surface area (Å²) in [5.41, 5.74) is 2.78. The summed E-state index contributed by atoms with van der Waals surface area (Å²) >= 11 is 0. The molecule has 8 heteroatoms. The molecule has 1 amide bonds. The molecule has 2 aliphatic rings. The number of benzene rings is 1. The number of piperazine rings is 1. The monoisotopic (exact) mass is 370 g/mol. The number of fused-ring (bicyclic) bond motifs is 1. The maximum Gasteiger partial charge on any atom is 0.410 e. The third kappa shape index (κ3) is 3.52. The van der Waals surface area contributed by atoms with Gasteiger partial charge in [-0.2, -0.15) is 0 Å². The molecule has 27 heavy (non-hydrogen) atoms. The molecule has 0 spiro atoms. The highest BCUT2D eigenvalue weighted by Gasteiger charge is 2.37. The highest BCUT2D eigenvalue weighted by atomic mass is 16.6. The molecule has 2 aliphatic heterocycles. The van der Waals surface area contributed by atoms with Gasteiger partial charge in [-0.15, -0.1) is 10.2 Å². The lowest BCUT2D eigenvalue weighted by atomic mass is 10.1. The first-order valence-corrected chi connectivity index (χ1v) is 8.88. The third-order valence-corrected chi connectivity index (χ3v) is 5.00. The van der Waals surface area contributed by atoms with Gasteiger partial charge in [0.2, 0.25) is 5.88 Å². The Kier molecular flexibility index (Phi) is 4.81. The minimum Gasteiger partial charge on any atom is -0.496 e. The van der Waals surface area contributed by atoms with E-state index < -0.39 is 0 Å². The highest BCUT2D eigenvalue weighted by Crippen LogP contribution is 2.30. The number of ether oxygens (including phenoxy) is 3. The van der Waals surface area contributed by atoms with Gasteiger partial charge in [-0.3, -0.25) is 9.80 Å². The van der Waals surface area contributed by atoms with Gasteiger partial charge in [-0.05, 0) is 23.8 Å². The second-order valence-corrected chi connectivity index (χ2v) is 6.65. The van der Waals surface area contributed by atoms with Crippen molar-refractivity contribution in [3.05, 3.63) is 35.9 Å². The van der Waals surface area contributed by atoms with Crippen molar-refractivity contribution < 1.29 is 19.0 Å². The average molecular weight is 370 g/mol. The molecule has 0 N–H and O–H groups in total. The number of hydrogen-bond donors (Lipinski definition) is 0. The zero-order valence-electron chi connectivity index (χ0n) is 15.4. The lowest BCUT2D eigenvalue weighted by molar-refractivity contribution is 0.115. The molecule has 8 nitrogen and oxygen atoms in total. The van der Waals surface area contributed by atoms with Crippen LogP contribution in [0.3, 0.4) is 0 Å². The van der Waals surface area contributed by atoms with Crippen molar-refractivity contribution in [1.82, 2.24) is 20.0 Å². The number of cyclic esters (lactones) is 1. The molecule has 142 valence electrons. The summed E-state index contributed by atoms with van der Waals surface area (Å²) in [6.07, 6.45) is -0.190. The molecule has 0 aliphatic carbocycles. The fraction of sp³-hybridized carbons (Fsp3) is 0.421. The van der Waals surface area contributed by atoms with E-state index in [0.717, 1.165) is 42.2 Å². The van der Waals surface area contributed by atoms with Crippen molar-refractivity contribution in [1.29, 1.82) is 0 Å². The van der Waals surface area contributed by atoms with Gasteiger partial charge in [0, 0.05) is 37.8 Å². The molecule has 2 saturated heterocycles. The largest absolute Gasteiger partial charge is 0.496 e. The van der Waals surface area contributed by atoms with E-state index in [1.165, 1.54) is 0 Å². The molecule has 4 rings (SSSR count). The highest BCUT2D eigenvalue weighted by molar-refractivity contribution is 5.70. The van der Waals surface area contributed by atoms with Gasteiger partial charge in [0.05, 0.1) is 26.0 Å². The van der Waals surface area contributed by atoms with Crippen LogP contribution in [0.5, 0.6) is 11.6 Å². The minimum atomic E-state index is -0.190. The van der Waals surface area contributed by atoms with Crippen LogP contribution < -0.4 is 9.47 Å². The standard InChI is InChI=1S/C19H22N4O4/c1-25-17-5-3-13(9-15(17)16-4-6-18(26-2)21-20-16)10-22-7-8-23-14(11-22)12-27-19(23)24/h3-6,9,14H,7-8,10-12H2,1-2H3. The van der Waals surface area contributed by atoms with E-state index in [-0.39, 0.29) is 12.1 Å². The molecule has 2 fully saturated rings. The molecule has 0 saturated carbocycles. The van der Waals surface area contributed by atoms with E-state index in [0.29, 0.717) is 19.0 Å². The average Bonchev–Trinajstić information content (AvgIpc) is 3.08. The molecule has 1 aromatic carbocycles. The second-order valence-electron chi connectivity index (χ2n) is 6.65. The Hall–Kier alpha value is -2.87. The predicted octanol–water partition coefficient (Wildman–Crippen LogP) is 1.80. The zero-order valence-corrected chi connectivity index (χ0v) is 15.4. The molecular weight excluding hydrogens is 348 g/mol. The lowest BCUT2D eigenvalue weighted by Gasteiger charge is -2.35. The third-order valence-electron chi connectivity index (χ3n) is 5.00. The summed E-state index contributed by atoms with van der Waals surface area (Å²) in [6.45, 7) is 3.62. The minimum absolute atomic E-state index is 0.149. The van der Waals surface area contributed by atoms with Crippen LogP contribution in [0.25, 0.3) is 11.3 Å². The summed E-state index contributed by atoms with van der Waals surface area (Å²) in [5, 5.41) is 8.29. The topological polar surface area (TPSA) is 77.0 Å². The lowest BCUT2D eigenvalue weighted by Crippen LogP contribution is -2.51. The molecule has 3 heterocycles. The van der Waals surface area contributed by atoms with E-state index >= 15 is 0 Å². The Morgan fingerprint density at radius 3 is 2.78 bits per heavy atom. The Morgan fingerprint density at radius 2 is 2.04 bits per heavy atom. The molecule has 1 unspecified atom stereocenters. The van der Waals surface area contributed by atoms with Gasteiger partial charge >= 0.3 is 6.09 Å². The normalized spacial score (nSPS) is 19.6. The first-order valence-electron chi connectivity index (χ1n) is 8.88. The number of hydrogen-bond acceptors (Lipinski definition) is 7. The van der Waals surface area contributed by atoms with E-state index in [2.05, 4.69) is 27.2 Å². The van der Waals surface area contributed by atoms with Crippen LogP contribution in [0, 0.1) is 0 Å². The number of carbonyl (C=O) groups excluding carboxylic acids is 1. The SMILES string of the molecule is COc1ccc(-c2cc(CN3CCN4C(=O)OCC4C3)ccc2OC)nn1. The number of methoxy groups -OCH3 is 2. The smallest absolute Gasteiger partial charge is 0.410 e. The first-order chi connectivity index (χ1) is 13.2. The predicted molar refractivity (Wildman–Crippen MR) is 97.7 cm³/mol. The molecule has 1 atom stereocenters. The Labute approximate surface area is 157 Å². The van der Waals surface area contributed by atoms with Crippen LogP contribution in [0.4, 0.5) is 4.79 Å². The van der Waals surface area contributed by atoms with Gasteiger partial charge in [-0.1, -0.05) is 6.07 Å². The van der Waals surface area contributed by atoms with Crippen molar-refractivity contribution in [2.75, 3.05) is 40.5 Å². The second kappa shape index (κ2) is 7.40. The molecule has 1 aromatic heterocycles. The van der Waals surface area contributed by atoms with Crippen LogP contribution >= 0.6 is 0 Å². The molecule has 0 radical (unpaired) electrons. The summed E-state index contributed by atoms with van der Waals surface area (Å²) in [6, 6.07) is 9.89. The van der Waals surface area contributed by atoms with Crippen molar-refractivity contribution in [3.63, 3.8) is 0 Å². The van der Waals surface area contributed by atoms with Crippen LogP contribution in [0.15, 0.2) is 30.3 Å². The number of amides is 1. The van der Waals surface area contributed by atoms with E-state index in [9.17, 15) is 4.79 Å². The summed E-state index contributed by atoms with van der Waals surface area (Å²) in [4.78, 5) is 15.8. The zero-order chi connectivity index (χ0) is 18.8. The van der Waals surface area contributed by atoms with Gasteiger partial charge in [-0.25, -0.2) is 4.79 Å². The number of rotatable bonds is 5. The van der Waals surface area contributed by atoms with Crippen LogP contribution in [-0.4, -0.2) is 72.6 Å². The molecular formula is C19H22N4O4. The van der Waals surface area contributed by atoms with Crippen LogP contribution in [0.1, 0.15) is 5.56 Å². The van der Waals surface area contributed by atoms with Crippen molar-refractivity contribution in [2.24, 2.45) is 0 Å². The van der Waals surface area contributed by atoms with Gasteiger partial charge in [0.15, 0.2) is 0 Å². The van der Waals surface area contributed by atoms with E-state index in [4.69, 9.17) is 14.2 Å². The van der Waals surface area contributed by atoms with Crippen molar-refractivity contribution in [2.45, 2.75) is 12.6 Å². The van der Waals surface area contributed by atoms with E-state index in [1.54, 1.807) is 20.3 Å². The van der Waals surface area contributed by atoms with Crippen LogP contribution in [0.2, 0.25) is 0 Å². The fourth-order valence-corrected chi connectivity index (χ4v) is 3.58. The molecule has 2 aromatic rings.